The van der Waals surface area contributed by atoms with Gasteiger partial charge in [0.1, 0.15) is 0 Å². The van der Waals surface area contributed by atoms with Crippen LogP contribution >= 0.6 is 0 Å². The Bertz CT molecular complexity index is 592. The lowest BCUT2D eigenvalue weighted by molar-refractivity contribution is -0.130. The average Bonchev–Trinajstić information content (AvgIpc) is 2.56. The molecule has 0 aromatic heterocycles. The average molecular weight is 281 g/mol. The fraction of sp³-hybridized carbons (Fsp3) is 0.316. The maximum absolute atomic E-state index is 11.9. The Labute approximate surface area is 127 Å². The molecule has 1 atom stereocenters. The predicted octanol–water partition coefficient (Wildman–Crippen LogP) is 4.21. The lowest BCUT2D eigenvalue weighted by atomic mass is 9.88. The lowest BCUT2D eigenvalue weighted by Crippen LogP contribution is -2.39. The van der Waals surface area contributed by atoms with Crippen molar-refractivity contribution >= 4 is 5.91 Å². The van der Waals surface area contributed by atoms with Crippen molar-refractivity contribution in [3.05, 3.63) is 71.3 Å². The standard InChI is InChI=1S/C17H17NO.C2H6/c1-13(19)18-12-11-14-7-5-6-10-16(14)17(18)15-8-3-2-4-9-15;1-2/h2-10,17H,11-12H2,1H3;1-2H3. The van der Waals surface area contributed by atoms with Gasteiger partial charge in [-0.1, -0.05) is 68.4 Å². The molecule has 1 heterocycles. The molecule has 1 unspecified atom stereocenters. The van der Waals surface area contributed by atoms with Crippen LogP contribution in [0.4, 0.5) is 0 Å². The van der Waals surface area contributed by atoms with Gasteiger partial charge in [0.15, 0.2) is 0 Å². The van der Waals surface area contributed by atoms with Gasteiger partial charge in [-0.3, -0.25) is 4.79 Å². The summed E-state index contributed by atoms with van der Waals surface area (Å²) in [4.78, 5) is 13.9. The molecule has 2 aromatic rings. The number of hydrogen-bond acceptors (Lipinski definition) is 1. The molecule has 1 aliphatic heterocycles. The number of benzene rings is 2. The van der Waals surface area contributed by atoms with Gasteiger partial charge in [-0.2, -0.15) is 0 Å². The number of carbonyl (C=O) groups excluding carboxylic acids is 1. The summed E-state index contributed by atoms with van der Waals surface area (Å²) in [6.45, 7) is 6.45. The van der Waals surface area contributed by atoms with Crippen molar-refractivity contribution in [3.63, 3.8) is 0 Å². The Kier molecular flexibility index (Phi) is 5.15. The fourth-order valence-electron chi connectivity index (χ4n) is 2.90. The monoisotopic (exact) mass is 281 g/mol. The summed E-state index contributed by atoms with van der Waals surface area (Å²) in [5.41, 5.74) is 3.80. The van der Waals surface area contributed by atoms with E-state index in [-0.39, 0.29) is 11.9 Å². The quantitative estimate of drug-likeness (QED) is 0.767. The number of amides is 1. The minimum Gasteiger partial charge on any atom is -0.331 e. The first-order valence-electron chi connectivity index (χ1n) is 7.67. The molecule has 0 saturated heterocycles. The van der Waals surface area contributed by atoms with Crippen LogP contribution in [0.2, 0.25) is 0 Å². The zero-order valence-corrected chi connectivity index (χ0v) is 13.0. The Hall–Kier alpha value is -2.09. The zero-order valence-electron chi connectivity index (χ0n) is 13.0. The first-order chi connectivity index (χ1) is 10.3. The van der Waals surface area contributed by atoms with Crippen molar-refractivity contribution in [2.75, 3.05) is 6.54 Å². The van der Waals surface area contributed by atoms with E-state index in [1.807, 2.05) is 36.9 Å². The van der Waals surface area contributed by atoms with Crippen molar-refractivity contribution in [1.82, 2.24) is 4.90 Å². The molecule has 0 N–H and O–H groups in total. The molecule has 1 amide bonds. The smallest absolute Gasteiger partial charge is 0.220 e. The molecule has 0 aliphatic carbocycles. The highest BCUT2D eigenvalue weighted by Gasteiger charge is 2.29. The van der Waals surface area contributed by atoms with Gasteiger partial charge in [0.25, 0.3) is 0 Å². The van der Waals surface area contributed by atoms with Crippen molar-refractivity contribution in [1.29, 1.82) is 0 Å². The molecule has 110 valence electrons. The summed E-state index contributed by atoms with van der Waals surface area (Å²) in [7, 11) is 0. The Morgan fingerprint density at radius 2 is 1.62 bits per heavy atom. The highest BCUT2D eigenvalue weighted by atomic mass is 16.2. The van der Waals surface area contributed by atoms with Crippen LogP contribution in [0, 0.1) is 0 Å². The Morgan fingerprint density at radius 3 is 2.29 bits per heavy atom. The van der Waals surface area contributed by atoms with Gasteiger partial charge in [-0.15, -0.1) is 0 Å². The van der Waals surface area contributed by atoms with Gasteiger partial charge in [-0.25, -0.2) is 0 Å². The van der Waals surface area contributed by atoms with Crippen molar-refractivity contribution in [3.8, 4) is 0 Å². The van der Waals surface area contributed by atoms with Crippen LogP contribution in [0.5, 0.6) is 0 Å². The van der Waals surface area contributed by atoms with Crippen LogP contribution in [0.3, 0.4) is 0 Å². The van der Waals surface area contributed by atoms with Crippen molar-refractivity contribution < 1.29 is 4.79 Å². The molecule has 0 radical (unpaired) electrons. The summed E-state index contributed by atoms with van der Waals surface area (Å²) in [6.07, 6.45) is 0.944. The lowest BCUT2D eigenvalue weighted by Gasteiger charge is -2.37. The normalized spacial score (nSPS) is 16.5. The summed E-state index contributed by atoms with van der Waals surface area (Å²) in [5.74, 6) is 0.142. The van der Waals surface area contributed by atoms with Crippen LogP contribution in [0.15, 0.2) is 54.6 Å². The number of rotatable bonds is 1. The van der Waals surface area contributed by atoms with Gasteiger partial charge < -0.3 is 4.90 Å². The van der Waals surface area contributed by atoms with Crippen LogP contribution in [0.1, 0.15) is 43.5 Å². The molecular weight excluding hydrogens is 258 g/mol. The number of hydrogen-bond donors (Lipinski definition) is 0. The molecule has 0 saturated carbocycles. The van der Waals surface area contributed by atoms with Crippen LogP contribution in [-0.4, -0.2) is 17.4 Å². The maximum Gasteiger partial charge on any atom is 0.220 e. The highest BCUT2D eigenvalue weighted by molar-refractivity contribution is 5.75. The van der Waals surface area contributed by atoms with Crippen molar-refractivity contribution in [2.45, 2.75) is 33.2 Å². The minimum atomic E-state index is 0.0589. The third-order valence-electron chi connectivity index (χ3n) is 3.80. The molecule has 3 rings (SSSR count). The van der Waals surface area contributed by atoms with Gasteiger partial charge in [0, 0.05) is 13.5 Å². The molecule has 1 aliphatic rings. The van der Waals surface area contributed by atoms with E-state index in [2.05, 4.69) is 36.4 Å². The highest BCUT2D eigenvalue weighted by Crippen LogP contribution is 2.34. The van der Waals surface area contributed by atoms with Crippen molar-refractivity contribution in [2.24, 2.45) is 0 Å². The first-order valence-corrected chi connectivity index (χ1v) is 7.67. The van der Waals surface area contributed by atoms with E-state index in [1.54, 1.807) is 6.92 Å². The van der Waals surface area contributed by atoms with Gasteiger partial charge in [0.2, 0.25) is 5.91 Å². The van der Waals surface area contributed by atoms with Gasteiger partial charge in [0.05, 0.1) is 6.04 Å². The van der Waals surface area contributed by atoms with E-state index < -0.39 is 0 Å². The van der Waals surface area contributed by atoms with E-state index >= 15 is 0 Å². The second-order valence-corrected chi connectivity index (χ2v) is 4.97. The van der Waals surface area contributed by atoms with E-state index in [9.17, 15) is 4.79 Å². The SMILES string of the molecule is CC.CC(=O)N1CCc2ccccc2C1c1ccccc1. The molecule has 21 heavy (non-hydrogen) atoms. The molecular formula is C19H23NO. The van der Waals surface area contributed by atoms with Crippen LogP contribution in [-0.2, 0) is 11.2 Å². The number of nitrogens with zero attached hydrogens (tertiary/aromatic N) is 1. The fourth-order valence-corrected chi connectivity index (χ4v) is 2.90. The topological polar surface area (TPSA) is 20.3 Å². The first kappa shape index (κ1) is 15.3. The number of carbonyl (C=O) groups is 1. The second-order valence-electron chi connectivity index (χ2n) is 4.97. The second kappa shape index (κ2) is 7.07. The molecule has 0 spiro atoms. The zero-order chi connectivity index (χ0) is 15.2. The molecule has 2 nitrogen and oxygen atoms in total. The van der Waals surface area contributed by atoms with Gasteiger partial charge >= 0.3 is 0 Å². The summed E-state index contributed by atoms with van der Waals surface area (Å²) in [6, 6.07) is 18.8. The Balaban J connectivity index is 0.000000774. The molecule has 2 heteroatoms. The third kappa shape index (κ3) is 3.15. The van der Waals surface area contributed by atoms with E-state index in [1.165, 1.54) is 16.7 Å². The minimum absolute atomic E-state index is 0.0589. The van der Waals surface area contributed by atoms with E-state index in [0.29, 0.717) is 0 Å². The number of fused-ring (bicyclic) bond motifs is 1. The maximum atomic E-state index is 11.9. The van der Waals surface area contributed by atoms with E-state index in [0.717, 1.165) is 13.0 Å². The van der Waals surface area contributed by atoms with Crippen LogP contribution in [0.25, 0.3) is 0 Å². The van der Waals surface area contributed by atoms with E-state index in [4.69, 9.17) is 0 Å². The largest absolute Gasteiger partial charge is 0.331 e. The van der Waals surface area contributed by atoms with Gasteiger partial charge in [-0.05, 0) is 23.1 Å². The third-order valence-corrected chi connectivity index (χ3v) is 3.80. The summed E-state index contributed by atoms with van der Waals surface area (Å²) < 4.78 is 0. The molecule has 2 aromatic carbocycles. The Morgan fingerprint density at radius 1 is 1.00 bits per heavy atom. The predicted molar refractivity (Wildman–Crippen MR) is 87.2 cm³/mol. The molecule has 0 bridgehead atoms. The molecule has 0 fully saturated rings. The van der Waals surface area contributed by atoms with Crippen LogP contribution < -0.4 is 0 Å². The summed E-state index contributed by atoms with van der Waals surface area (Å²) >= 11 is 0. The summed E-state index contributed by atoms with van der Waals surface area (Å²) in [5, 5.41) is 0.